The van der Waals surface area contributed by atoms with E-state index in [-0.39, 0.29) is 42.7 Å². The van der Waals surface area contributed by atoms with Gasteiger partial charge in [0.2, 0.25) is 0 Å². The zero-order valence-electron chi connectivity index (χ0n) is 10.2. The summed E-state index contributed by atoms with van der Waals surface area (Å²) >= 11 is 0. The van der Waals surface area contributed by atoms with Crippen LogP contribution >= 0.6 is 0 Å². The molecule has 4 atom stereocenters. The Kier molecular flexibility index (Phi) is 2.88. The molecule has 1 amide bonds. The highest BCUT2D eigenvalue weighted by atomic mass is 16.3. The summed E-state index contributed by atoms with van der Waals surface area (Å²) in [6.07, 6.45) is 0.00863. The lowest BCUT2D eigenvalue weighted by Gasteiger charge is -2.43. The Labute approximate surface area is 108 Å². The lowest BCUT2D eigenvalue weighted by Crippen LogP contribution is -2.52. The van der Waals surface area contributed by atoms with Crippen molar-refractivity contribution in [1.82, 2.24) is 20.3 Å². The van der Waals surface area contributed by atoms with E-state index in [4.69, 9.17) is 10.8 Å². The normalized spacial score (nSPS) is 33.1. The smallest absolute Gasteiger partial charge is 0.278 e. The van der Waals surface area contributed by atoms with Gasteiger partial charge in [0.1, 0.15) is 0 Å². The Hall–Kier alpha value is -1.71. The number of nitrogens with zero attached hydrogens (tertiary/aromatic N) is 3. The molecule has 1 aliphatic carbocycles. The van der Waals surface area contributed by atoms with Crippen molar-refractivity contribution < 1.29 is 15.0 Å². The number of carbonyl (C=O) groups excluding carboxylic acids is 1. The fourth-order valence-electron chi connectivity index (χ4n) is 2.75. The summed E-state index contributed by atoms with van der Waals surface area (Å²) in [6, 6.07) is -0.0796. The first-order chi connectivity index (χ1) is 9.15. The molecule has 104 valence electrons. The first kappa shape index (κ1) is 12.3. The van der Waals surface area contributed by atoms with Crippen LogP contribution in [0.25, 0.3) is 0 Å². The first-order valence-electron chi connectivity index (χ1n) is 6.15. The van der Waals surface area contributed by atoms with Crippen molar-refractivity contribution in [2.24, 2.45) is 17.6 Å². The van der Waals surface area contributed by atoms with E-state index in [1.165, 1.54) is 0 Å². The number of carbonyl (C=O) groups is 1. The predicted octanol–water partition coefficient (Wildman–Crippen LogP) is -2.16. The molecule has 1 aromatic heterocycles. The number of nitrogens with one attached hydrogen (secondary N) is 2. The molecule has 0 bridgehead atoms. The van der Waals surface area contributed by atoms with Crippen molar-refractivity contribution in [3.63, 3.8) is 0 Å². The minimum Gasteiger partial charge on any atom is -0.396 e. The van der Waals surface area contributed by atoms with Crippen molar-refractivity contribution in [3.8, 4) is 0 Å². The van der Waals surface area contributed by atoms with E-state index in [0.29, 0.717) is 12.2 Å². The quantitative estimate of drug-likeness (QED) is 0.420. The Morgan fingerprint density at radius 3 is 2.84 bits per heavy atom. The van der Waals surface area contributed by atoms with E-state index in [2.05, 4.69) is 20.9 Å². The summed E-state index contributed by atoms with van der Waals surface area (Å²) in [6.45, 7) is -0.00514. The average molecular weight is 268 g/mol. The third kappa shape index (κ3) is 1.78. The lowest BCUT2D eigenvalue weighted by molar-refractivity contribution is -0.0117. The van der Waals surface area contributed by atoms with E-state index in [0.717, 1.165) is 0 Å². The van der Waals surface area contributed by atoms with Gasteiger partial charge in [0.05, 0.1) is 6.04 Å². The maximum atomic E-state index is 11.7. The van der Waals surface area contributed by atoms with Gasteiger partial charge in [0.15, 0.2) is 17.8 Å². The van der Waals surface area contributed by atoms with Gasteiger partial charge >= 0.3 is 0 Å². The van der Waals surface area contributed by atoms with Crippen LogP contribution in [-0.4, -0.2) is 50.6 Å². The van der Waals surface area contributed by atoms with Gasteiger partial charge in [0.25, 0.3) is 5.91 Å². The fourth-order valence-corrected chi connectivity index (χ4v) is 2.75. The number of amides is 1. The molecule has 0 radical (unpaired) electrons. The van der Waals surface area contributed by atoms with Crippen molar-refractivity contribution in [2.75, 3.05) is 18.5 Å². The highest BCUT2D eigenvalue weighted by Crippen LogP contribution is 2.44. The Balaban J connectivity index is 1.89. The average Bonchev–Trinajstić information content (AvgIpc) is 2.73. The van der Waals surface area contributed by atoms with Crippen molar-refractivity contribution >= 4 is 11.7 Å². The number of fused-ring (bicyclic) bond motifs is 1. The van der Waals surface area contributed by atoms with E-state index < -0.39 is 6.29 Å². The monoisotopic (exact) mass is 268 g/mol. The molecule has 9 nitrogen and oxygen atoms in total. The summed E-state index contributed by atoms with van der Waals surface area (Å²) in [5, 5.41) is 31.7. The van der Waals surface area contributed by atoms with E-state index in [1.54, 1.807) is 4.68 Å². The molecule has 9 heteroatoms. The molecular weight excluding hydrogens is 252 g/mol. The SMILES string of the molecule is NC1NC(=O)c2nnn([C@H]3C[C@@H](CO)[C@@H]3CO)c2N1. The van der Waals surface area contributed by atoms with Gasteiger partial charge in [-0.25, -0.2) is 4.68 Å². The second-order valence-electron chi connectivity index (χ2n) is 4.92. The molecule has 1 fully saturated rings. The van der Waals surface area contributed by atoms with Gasteiger partial charge < -0.3 is 20.8 Å². The van der Waals surface area contributed by atoms with Crippen LogP contribution in [-0.2, 0) is 0 Å². The largest absolute Gasteiger partial charge is 0.396 e. The van der Waals surface area contributed by atoms with Crippen LogP contribution in [0.4, 0.5) is 5.82 Å². The fraction of sp³-hybridized carbons (Fsp3) is 0.700. The van der Waals surface area contributed by atoms with Gasteiger partial charge in [-0.1, -0.05) is 5.21 Å². The molecule has 1 aromatic rings. The number of aliphatic hydroxyl groups is 2. The molecule has 0 saturated heterocycles. The van der Waals surface area contributed by atoms with E-state index in [9.17, 15) is 9.90 Å². The Morgan fingerprint density at radius 1 is 1.37 bits per heavy atom. The molecule has 0 spiro atoms. The van der Waals surface area contributed by atoms with Crippen molar-refractivity contribution in [3.05, 3.63) is 5.69 Å². The number of aromatic nitrogens is 3. The molecule has 19 heavy (non-hydrogen) atoms. The van der Waals surface area contributed by atoms with Gasteiger partial charge in [-0.15, -0.1) is 5.10 Å². The number of nitrogens with two attached hydrogens (primary N) is 1. The summed E-state index contributed by atoms with van der Waals surface area (Å²) in [7, 11) is 0. The lowest BCUT2D eigenvalue weighted by atomic mass is 9.70. The molecule has 0 aromatic carbocycles. The number of hydrogen-bond donors (Lipinski definition) is 5. The van der Waals surface area contributed by atoms with Crippen LogP contribution in [0.5, 0.6) is 0 Å². The molecule has 1 saturated carbocycles. The number of anilines is 1. The van der Waals surface area contributed by atoms with Crippen LogP contribution in [0.3, 0.4) is 0 Å². The molecule has 6 N–H and O–H groups in total. The second kappa shape index (κ2) is 4.44. The van der Waals surface area contributed by atoms with Crippen LogP contribution in [0.2, 0.25) is 0 Å². The van der Waals surface area contributed by atoms with Gasteiger partial charge in [-0.2, -0.15) is 0 Å². The zero-order valence-corrected chi connectivity index (χ0v) is 10.2. The molecule has 1 aliphatic heterocycles. The van der Waals surface area contributed by atoms with Crippen LogP contribution in [0.1, 0.15) is 23.0 Å². The first-order valence-corrected chi connectivity index (χ1v) is 6.15. The molecule has 3 rings (SSSR count). The Bertz CT molecular complexity index is 503. The Morgan fingerprint density at radius 2 is 2.16 bits per heavy atom. The third-order valence-corrected chi connectivity index (χ3v) is 3.89. The molecular formula is C10H16N6O3. The van der Waals surface area contributed by atoms with Crippen LogP contribution in [0, 0.1) is 11.8 Å². The van der Waals surface area contributed by atoms with Gasteiger partial charge in [0, 0.05) is 19.1 Å². The molecule has 2 heterocycles. The topological polar surface area (TPSA) is 138 Å². The highest BCUT2D eigenvalue weighted by Gasteiger charge is 2.44. The minimum atomic E-state index is -0.682. The van der Waals surface area contributed by atoms with Crippen LogP contribution in [0.15, 0.2) is 0 Å². The maximum absolute atomic E-state index is 11.7. The van der Waals surface area contributed by atoms with E-state index in [1.807, 2.05) is 0 Å². The summed E-state index contributed by atoms with van der Waals surface area (Å²) in [4.78, 5) is 11.7. The van der Waals surface area contributed by atoms with Crippen LogP contribution < -0.4 is 16.4 Å². The summed E-state index contributed by atoms with van der Waals surface area (Å²) < 4.78 is 1.58. The third-order valence-electron chi connectivity index (χ3n) is 3.89. The standard InChI is InChI=1S/C10H16N6O3/c11-10-12-8-7(9(19)13-10)14-15-16(8)6-1-4(2-17)5(6)3-18/h4-6,10,12,17-18H,1-3,11H2,(H,13,19)/t4-,5-,6-,10?/m0/s1. The zero-order chi connectivity index (χ0) is 13.6. The van der Waals surface area contributed by atoms with Gasteiger partial charge in [-0.3, -0.25) is 10.5 Å². The minimum absolute atomic E-state index is 0.0338. The number of rotatable bonds is 3. The second-order valence-corrected chi connectivity index (χ2v) is 4.92. The number of hydrogen-bond acceptors (Lipinski definition) is 7. The maximum Gasteiger partial charge on any atom is 0.278 e. The molecule has 1 unspecified atom stereocenters. The number of aliphatic hydroxyl groups excluding tert-OH is 2. The van der Waals surface area contributed by atoms with E-state index >= 15 is 0 Å². The summed E-state index contributed by atoms with van der Waals surface area (Å²) in [5.41, 5.74) is 5.85. The predicted molar refractivity (Wildman–Crippen MR) is 63.9 cm³/mol. The summed E-state index contributed by atoms with van der Waals surface area (Å²) in [5.74, 6) is 0.0712. The van der Waals surface area contributed by atoms with Crippen molar-refractivity contribution in [2.45, 2.75) is 18.8 Å². The van der Waals surface area contributed by atoms with Crippen molar-refractivity contribution in [1.29, 1.82) is 0 Å². The molecule has 2 aliphatic rings. The van der Waals surface area contributed by atoms with Gasteiger partial charge in [-0.05, 0) is 12.3 Å². The highest BCUT2D eigenvalue weighted by molar-refractivity contribution is 5.98.